The maximum absolute atomic E-state index is 11.5. The Bertz CT molecular complexity index is 382. The predicted molar refractivity (Wildman–Crippen MR) is 93.4 cm³/mol. The van der Waals surface area contributed by atoms with E-state index >= 15 is 0 Å². The summed E-state index contributed by atoms with van der Waals surface area (Å²) in [5.41, 5.74) is 0. The fourth-order valence-electron chi connectivity index (χ4n) is 1.38. The number of methoxy groups -OCH3 is 2. The number of ether oxygens (including phenoxy) is 2. The summed E-state index contributed by atoms with van der Waals surface area (Å²) in [5, 5.41) is 5.26. The highest BCUT2D eigenvalue weighted by Gasteiger charge is 2.06. The molecule has 0 saturated carbocycles. The molecule has 0 bridgehead atoms. The number of nitrogens with one attached hydrogen (secondary N) is 2. The Morgan fingerprint density at radius 1 is 0.708 bits per heavy atom. The van der Waals surface area contributed by atoms with Crippen molar-refractivity contribution in [3.05, 3.63) is 0 Å². The number of hydrogen-bond acceptors (Lipinski definition) is 8. The topological polar surface area (TPSA) is 111 Å². The molecule has 0 atom stereocenters. The Labute approximate surface area is 149 Å². The molecule has 0 rings (SSSR count). The highest BCUT2D eigenvalue weighted by molar-refractivity contribution is 8.76. The Kier molecular flexibility index (Phi) is 14.2. The smallest absolute Gasteiger partial charge is 0.307 e. The van der Waals surface area contributed by atoms with Gasteiger partial charge in [-0.2, -0.15) is 0 Å². The largest absolute Gasteiger partial charge is 0.469 e. The Balaban J connectivity index is 3.43. The predicted octanol–water partition coefficient (Wildman–Crippen LogP) is 0.507. The van der Waals surface area contributed by atoms with Crippen LogP contribution in [0.3, 0.4) is 0 Å². The van der Waals surface area contributed by atoms with E-state index in [0.717, 1.165) is 0 Å². The maximum atomic E-state index is 11.5. The molecule has 10 heteroatoms. The van der Waals surface area contributed by atoms with Crippen LogP contribution in [0.1, 0.15) is 25.7 Å². The van der Waals surface area contributed by atoms with E-state index < -0.39 is 0 Å². The lowest BCUT2D eigenvalue weighted by Gasteiger charge is -2.05. The van der Waals surface area contributed by atoms with Crippen molar-refractivity contribution in [3.8, 4) is 0 Å². The van der Waals surface area contributed by atoms with Crippen molar-refractivity contribution >= 4 is 45.3 Å². The molecule has 0 heterocycles. The van der Waals surface area contributed by atoms with Gasteiger partial charge in [-0.1, -0.05) is 21.6 Å². The third-order valence-corrected chi connectivity index (χ3v) is 5.07. The van der Waals surface area contributed by atoms with Gasteiger partial charge in [-0.05, 0) is 0 Å². The van der Waals surface area contributed by atoms with Crippen LogP contribution in [-0.2, 0) is 28.7 Å². The molecule has 0 spiro atoms. The third kappa shape index (κ3) is 14.2. The Morgan fingerprint density at radius 2 is 1.08 bits per heavy atom. The summed E-state index contributed by atoms with van der Waals surface area (Å²) in [7, 11) is 5.63. The molecule has 0 aromatic heterocycles. The van der Waals surface area contributed by atoms with E-state index in [1.54, 1.807) is 0 Å². The van der Waals surface area contributed by atoms with Crippen LogP contribution in [0.5, 0.6) is 0 Å². The number of esters is 2. The van der Waals surface area contributed by atoms with Gasteiger partial charge >= 0.3 is 11.9 Å². The maximum Gasteiger partial charge on any atom is 0.307 e. The van der Waals surface area contributed by atoms with Gasteiger partial charge in [0.2, 0.25) is 11.8 Å². The minimum atomic E-state index is -0.356. The minimum Gasteiger partial charge on any atom is -0.469 e. The second kappa shape index (κ2) is 15.1. The average Bonchev–Trinajstić information content (AvgIpc) is 2.57. The second-order valence-electron chi connectivity index (χ2n) is 4.50. The molecule has 8 nitrogen and oxygen atoms in total. The van der Waals surface area contributed by atoms with Crippen molar-refractivity contribution in [1.29, 1.82) is 0 Å². The van der Waals surface area contributed by atoms with Crippen LogP contribution in [0.2, 0.25) is 0 Å². The Morgan fingerprint density at radius 3 is 1.42 bits per heavy atom. The van der Waals surface area contributed by atoms with Gasteiger partial charge in [0.15, 0.2) is 0 Å². The summed E-state index contributed by atoms with van der Waals surface area (Å²) in [4.78, 5) is 44.6. The van der Waals surface area contributed by atoms with E-state index in [9.17, 15) is 19.2 Å². The van der Waals surface area contributed by atoms with E-state index in [0.29, 0.717) is 24.3 Å². The van der Waals surface area contributed by atoms with Crippen LogP contribution in [0.4, 0.5) is 0 Å². The quantitative estimate of drug-likeness (QED) is 0.270. The molecule has 2 amide bonds. The molecule has 0 aromatic rings. The van der Waals surface area contributed by atoms with E-state index in [1.807, 2.05) is 0 Å². The van der Waals surface area contributed by atoms with Gasteiger partial charge in [0, 0.05) is 37.4 Å². The SMILES string of the molecule is COC(=O)CCNC(=O)CCSSCCC(=O)NCCC(=O)OC. The van der Waals surface area contributed by atoms with Gasteiger partial charge in [-0.15, -0.1) is 0 Å². The summed E-state index contributed by atoms with van der Waals surface area (Å²) in [6.07, 6.45) is 1.03. The van der Waals surface area contributed by atoms with Crippen molar-refractivity contribution in [2.24, 2.45) is 0 Å². The van der Waals surface area contributed by atoms with Gasteiger partial charge in [0.1, 0.15) is 0 Å². The zero-order chi connectivity index (χ0) is 18.2. The van der Waals surface area contributed by atoms with Gasteiger partial charge in [-0.25, -0.2) is 0 Å². The summed E-state index contributed by atoms with van der Waals surface area (Å²) < 4.78 is 8.93. The van der Waals surface area contributed by atoms with Crippen molar-refractivity contribution in [2.45, 2.75) is 25.7 Å². The average molecular weight is 380 g/mol. The van der Waals surface area contributed by atoms with Crippen LogP contribution in [-0.4, -0.2) is 62.6 Å². The lowest BCUT2D eigenvalue weighted by atomic mass is 10.4. The summed E-state index contributed by atoms with van der Waals surface area (Å²) in [6.45, 7) is 0.546. The van der Waals surface area contributed by atoms with Gasteiger partial charge in [0.05, 0.1) is 27.1 Å². The molecule has 0 aliphatic heterocycles. The van der Waals surface area contributed by atoms with E-state index in [1.165, 1.54) is 35.8 Å². The molecule has 24 heavy (non-hydrogen) atoms. The third-order valence-electron chi connectivity index (χ3n) is 2.67. The number of amides is 2. The molecule has 138 valence electrons. The van der Waals surface area contributed by atoms with Gasteiger partial charge < -0.3 is 20.1 Å². The zero-order valence-corrected chi connectivity index (χ0v) is 15.6. The zero-order valence-electron chi connectivity index (χ0n) is 13.9. The van der Waals surface area contributed by atoms with Gasteiger partial charge in [-0.3, -0.25) is 19.2 Å². The fraction of sp³-hybridized carbons (Fsp3) is 0.714. The first-order valence-corrected chi connectivity index (χ1v) is 9.89. The molecule has 0 aromatic carbocycles. The summed E-state index contributed by atoms with van der Waals surface area (Å²) >= 11 is 0. The minimum absolute atomic E-state index is 0.118. The fourth-order valence-corrected chi connectivity index (χ4v) is 3.36. The molecular formula is C14H24N2O6S2. The van der Waals surface area contributed by atoms with Crippen molar-refractivity contribution in [1.82, 2.24) is 10.6 Å². The molecule has 0 unspecified atom stereocenters. The molecule has 0 aliphatic rings. The van der Waals surface area contributed by atoms with Crippen LogP contribution in [0, 0.1) is 0 Å². The lowest BCUT2D eigenvalue weighted by molar-refractivity contribution is -0.141. The van der Waals surface area contributed by atoms with Crippen molar-refractivity contribution < 1.29 is 28.7 Å². The van der Waals surface area contributed by atoms with Crippen LogP contribution >= 0.6 is 21.6 Å². The molecule has 0 saturated heterocycles. The second-order valence-corrected chi connectivity index (χ2v) is 7.20. The summed E-state index contributed by atoms with van der Waals surface area (Å²) in [5.74, 6) is 0.299. The number of carbonyl (C=O) groups is 4. The first kappa shape index (κ1) is 22.6. The van der Waals surface area contributed by atoms with E-state index in [-0.39, 0.29) is 49.7 Å². The van der Waals surface area contributed by atoms with Crippen LogP contribution in [0.15, 0.2) is 0 Å². The lowest BCUT2D eigenvalue weighted by Crippen LogP contribution is -2.26. The number of rotatable bonds is 13. The number of carbonyl (C=O) groups excluding carboxylic acids is 4. The molecular weight excluding hydrogens is 356 g/mol. The Hall–Kier alpha value is -1.42. The highest BCUT2D eigenvalue weighted by Crippen LogP contribution is 2.22. The molecule has 0 radical (unpaired) electrons. The highest BCUT2D eigenvalue weighted by atomic mass is 33.1. The molecule has 0 aliphatic carbocycles. The normalized spacial score (nSPS) is 9.92. The molecule has 0 fully saturated rings. The standard InChI is InChI=1S/C14H24N2O6S2/c1-21-13(19)3-7-15-11(17)5-9-23-24-10-6-12(18)16-8-4-14(20)22-2/h3-10H2,1-2H3,(H,15,17)(H,16,18). The van der Waals surface area contributed by atoms with E-state index in [2.05, 4.69) is 20.1 Å². The van der Waals surface area contributed by atoms with Crippen molar-refractivity contribution in [2.75, 3.05) is 38.8 Å². The number of hydrogen-bond donors (Lipinski definition) is 2. The van der Waals surface area contributed by atoms with Gasteiger partial charge in [0.25, 0.3) is 0 Å². The first-order valence-electron chi connectivity index (χ1n) is 7.41. The van der Waals surface area contributed by atoms with Crippen molar-refractivity contribution in [3.63, 3.8) is 0 Å². The summed E-state index contributed by atoms with van der Waals surface area (Å²) in [6, 6.07) is 0. The first-order chi connectivity index (χ1) is 11.5. The molecule has 2 N–H and O–H groups in total. The monoisotopic (exact) mass is 380 g/mol. The van der Waals surface area contributed by atoms with Crippen LogP contribution in [0.25, 0.3) is 0 Å². The van der Waals surface area contributed by atoms with E-state index in [4.69, 9.17) is 0 Å². The van der Waals surface area contributed by atoms with Crippen LogP contribution < -0.4 is 10.6 Å².